The number of hydrogen-bond donors (Lipinski definition) is 1. The van der Waals surface area contributed by atoms with E-state index in [1.54, 1.807) is 0 Å². The summed E-state index contributed by atoms with van der Waals surface area (Å²) in [5.74, 6) is 1.78. The minimum absolute atomic E-state index is 0.0978. The van der Waals surface area contributed by atoms with E-state index in [-0.39, 0.29) is 11.5 Å². The van der Waals surface area contributed by atoms with E-state index in [0.29, 0.717) is 30.3 Å². The lowest BCUT2D eigenvalue weighted by molar-refractivity contribution is -0.124. The van der Waals surface area contributed by atoms with Gasteiger partial charge < -0.3 is 9.84 Å². The molecular weight excluding hydrogens is 264 g/mol. The first-order chi connectivity index (χ1) is 9.92. The Bertz CT molecular complexity index is 574. The van der Waals surface area contributed by atoms with Gasteiger partial charge in [-0.1, -0.05) is 13.3 Å². The Morgan fingerprint density at radius 1 is 1.38 bits per heavy atom. The molecule has 1 aromatic carbocycles. The van der Waals surface area contributed by atoms with Crippen LogP contribution in [0.5, 0.6) is 11.5 Å². The highest BCUT2D eigenvalue weighted by Gasteiger charge is 2.47. The fourth-order valence-corrected chi connectivity index (χ4v) is 4.06. The number of phenols is 1. The molecule has 1 aliphatic heterocycles. The quantitative estimate of drug-likeness (QED) is 0.895. The van der Waals surface area contributed by atoms with Crippen LogP contribution in [-0.4, -0.2) is 16.5 Å². The molecule has 1 saturated carbocycles. The zero-order valence-electron chi connectivity index (χ0n) is 13.1. The molecule has 2 atom stereocenters. The zero-order valence-corrected chi connectivity index (χ0v) is 13.1. The summed E-state index contributed by atoms with van der Waals surface area (Å²) < 4.78 is 6.22. The van der Waals surface area contributed by atoms with Crippen molar-refractivity contribution in [2.45, 2.75) is 64.4 Å². The van der Waals surface area contributed by atoms with E-state index in [9.17, 15) is 9.90 Å². The van der Waals surface area contributed by atoms with Crippen molar-refractivity contribution < 1.29 is 14.6 Å². The molecule has 3 rings (SSSR count). The highest BCUT2D eigenvalue weighted by molar-refractivity contribution is 5.81. The summed E-state index contributed by atoms with van der Waals surface area (Å²) >= 11 is 0. The third-order valence-electron chi connectivity index (χ3n) is 5.02. The molecule has 21 heavy (non-hydrogen) atoms. The summed E-state index contributed by atoms with van der Waals surface area (Å²) in [6, 6.07) is 3.90. The Morgan fingerprint density at radius 2 is 2.14 bits per heavy atom. The van der Waals surface area contributed by atoms with Crippen LogP contribution in [0.2, 0.25) is 0 Å². The van der Waals surface area contributed by atoms with Gasteiger partial charge in [0.2, 0.25) is 0 Å². The van der Waals surface area contributed by atoms with Gasteiger partial charge in [-0.3, -0.25) is 4.79 Å². The lowest BCUT2D eigenvalue weighted by Crippen LogP contribution is -2.47. The second kappa shape index (κ2) is 5.04. The first-order valence-electron chi connectivity index (χ1n) is 7.99. The molecule has 0 amide bonds. The van der Waals surface area contributed by atoms with Crippen LogP contribution >= 0.6 is 0 Å². The molecule has 0 saturated heterocycles. The van der Waals surface area contributed by atoms with E-state index in [1.807, 2.05) is 6.07 Å². The van der Waals surface area contributed by atoms with Gasteiger partial charge >= 0.3 is 0 Å². The Kier molecular flexibility index (Phi) is 3.46. The van der Waals surface area contributed by atoms with Crippen molar-refractivity contribution in [2.24, 2.45) is 5.92 Å². The highest BCUT2D eigenvalue weighted by Crippen LogP contribution is 2.53. The molecule has 0 aromatic heterocycles. The van der Waals surface area contributed by atoms with Gasteiger partial charge in [-0.25, -0.2) is 0 Å². The lowest BCUT2D eigenvalue weighted by Gasteiger charge is -2.47. The molecule has 0 radical (unpaired) electrons. The van der Waals surface area contributed by atoms with Crippen LogP contribution in [-0.2, 0) is 11.2 Å². The molecular formula is C18H24O3. The maximum Gasteiger partial charge on any atom is 0.133 e. The normalized spacial score (nSPS) is 26.7. The average molecular weight is 288 g/mol. The van der Waals surface area contributed by atoms with Crippen LogP contribution in [0.4, 0.5) is 0 Å². The van der Waals surface area contributed by atoms with Crippen LogP contribution < -0.4 is 4.74 Å². The molecule has 0 spiro atoms. The minimum Gasteiger partial charge on any atom is -0.508 e. The Balaban J connectivity index is 2.09. The fraction of sp³-hybridized carbons (Fsp3) is 0.611. The third kappa shape index (κ3) is 2.43. The maximum absolute atomic E-state index is 11.9. The smallest absolute Gasteiger partial charge is 0.133 e. The number of ketones is 1. The minimum atomic E-state index is -0.282. The van der Waals surface area contributed by atoms with E-state index in [4.69, 9.17) is 4.74 Å². The van der Waals surface area contributed by atoms with E-state index >= 15 is 0 Å². The average Bonchev–Trinajstić information content (AvgIpc) is 2.37. The van der Waals surface area contributed by atoms with Crippen LogP contribution in [0.15, 0.2) is 12.1 Å². The number of benzene rings is 1. The van der Waals surface area contributed by atoms with E-state index in [2.05, 4.69) is 26.8 Å². The highest BCUT2D eigenvalue weighted by atomic mass is 16.5. The number of aromatic hydroxyl groups is 1. The maximum atomic E-state index is 11.9. The van der Waals surface area contributed by atoms with Crippen molar-refractivity contribution in [1.29, 1.82) is 0 Å². The van der Waals surface area contributed by atoms with Gasteiger partial charge in [0, 0.05) is 30.2 Å². The second-order valence-corrected chi connectivity index (χ2v) is 6.98. The number of carbonyl (C=O) groups is 1. The van der Waals surface area contributed by atoms with E-state index < -0.39 is 0 Å². The van der Waals surface area contributed by atoms with Crippen molar-refractivity contribution in [3.63, 3.8) is 0 Å². The number of rotatable bonds is 2. The molecule has 114 valence electrons. The summed E-state index contributed by atoms with van der Waals surface area (Å²) in [7, 11) is 0. The number of aryl methyl sites for hydroxylation is 1. The first kappa shape index (κ1) is 14.4. The van der Waals surface area contributed by atoms with E-state index in [1.165, 1.54) is 0 Å². The van der Waals surface area contributed by atoms with Crippen LogP contribution in [0.1, 0.15) is 63.5 Å². The zero-order chi connectivity index (χ0) is 15.2. The molecule has 1 N–H and O–H groups in total. The van der Waals surface area contributed by atoms with Crippen LogP contribution in [0, 0.1) is 5.92 Å². The van der Waals surface area contributed by atoms with Gasteiger partial charge in [0.25, 0.3) is 0 Å². The predicted octanol–water partition coefficient (Wildman–Crippen LogP) is 3.97. The lowest BCUT2D eigenvalue weighted by atomic mass is 9.66. The number of carbonyl (C=O) groups excluding carboxylic acids is 1. The fourth-order valence-electron chi connectivity index (χ4n) is 4.06. The Morgan fingerprint density at radius 3 is 2.86 bits per heavy atom. The van der Waals surface area contributed by atoms with Gasteiger partial charge in [-0.05, 0) is 44.4 Å². The summed E-state index contributed by atoms with van der Waals surface area (Å²) in [6.45, 7) is 6.33. The Hall–Kier alpha value is -1.51. The molecule has 3 nitrogen and oxygen atoms in total. The summed E-state index contributed by atoms with van der Waals surface area (Å²) in [4.78, 5) is 11.9. The van der Waals surface area contributed by atoms with Crippen molar-refractivity contribution in [3.8, 4) is 11.5 Å². The predicted molar refractivity (Wildman–Crippen MR) is 81.9 cm³/mol. The van der Waals surface area contributed by atoms with Crippen molar-refractivity contribution in [1.82, 2.24) is 0 Å². The van der Waals surface area contributed by atoms with Gasteiger partial charge in [-0.15, -0.1) is 0 Å². The monoisotopic (exact) mass is 288 g/mol. The largest absolute Gasteiger partial charge is 0.508 e. The van der Waals surface area contributed by atoms with Crippen molar-refractivity contribution in [2.75, 3.05) is 0 Å². The summed E-state index contributed by atoms with van der Waals surface area (Å²) in [6.07, 6.45) is 3.99. The number of Topliss-reactive ketones (excluding diaryl/α,β-unsaturated/α-hetero) is 1. The van der Waals surface area contributed by atoms with Gasteiger partial charge in [0.1, 0.15) is 22.9 Å². The van der Waals surface area contributed by atoms with Gasteiger partial charge in [0.15, 0.2) is 0 Å². The molecule has 1 unspecified atom stereocenters. The standard InChI is InChI=1S/C18H24O3/c1-4-5-11-8-15(20)17-13-10-12(19)6-7-14(13)18(2,3)21-16(17)9-11/h8-9,13-14,20H,4-7,10H2,1-3H3/t13?,14-/m1/s1. The van der Waals surface area contributed by atoms with Crippen molar-refractivity contribution in [3.05, 3.63) is 23.3 Å². The molecule has 3 heteroatoms. The van der Waals surface area contributed by atoms with Crippen LogP contribution in [0.3, 0.4) is 0 Å². The molecule has 0 bridgehead atoms. The third-order valence-corrected chi connectivity index (χ3v) is 5.02. The summed E-state index contributed by atoms with van der Waals surface area (Å²) in [5, 5.41) is 10.5. The van der Waals surface area contributed by atoms with E-state index in [0.717, 1.165) is 36.1 Å². The molecule has 2 aliphatic rings. The van der Waals surface area contributed by atoms with Gasteiger partial charge in [-0.2, -0.15) is 0 Å². The number of fused-ring (bicyclic) bond motifs is 3. The molecule has 1 heterocycles. The number of ether oxygens (including phenoxy) is 1. The SMILES string of the molecule is CCCc1cc(O)c2c(c1)OC(C)(C)[C@@H]1CCC(=O)CC21. The topological polar surface area (TPSA) is 46.5 Å². The number of hydrogen-bond acceptors (Lipinski definition) is 3. The van der Waals surface area contributed by atoms with Crippen LogP contribution in [0.25, 0.3) is 0 Å². The Labute approximate surface area is 126 Å². The first-order valence-corrected chi connectivity index (χ1v) is 7.99. The molecule has 1 aliphatic carbocycles. The number of phenolic OH excluding ortho intramolecular Hbond substituents is 1. The van der Waals surface area contributed by atoms with Gasteiger partial charge in [0.05, 0.1) is 0 Å². The summed E-state index contributed by atoms with van der Waals surface area (Å²) in [5.41, 5.74) is 1.67. The molecule has 1 aromatic rings. The van der Waals surface area contributed by atoms with Crippen molar-refractivity contribution >= 4 is 5.78 Å². The molecule has 1 fully saturated rings. The second-order valence-electron chi connectivity index (χ2n) is 6.98.